The first-order valence-corrected chi connectivity index (χ1v) is 4.66. The monoisotopic (exact) mass is 171 g/mol. The van der Waals surface area contributed by atoms with Crippen LogP contribution < -0.4 is 0 Å². The predicted octanol–water partition coefficient (Wildman–Crippen LogP) is 1.34. The average Bonchev–Trinajstić information content (AvgIpc) is 2.36. The van der Waals surface area contributed by atoms with Crippen LogP contribution in [0.3, 0.4) is 0 Å². The van der Waals surface area contributed by atoms with Gasteiger partial charge in [-0.2, -0.15) is 0 Å². The summed E-state index contributed by atoms with van der Waals surface area (Å²) in [4.78, 5) is 12.6. The van der Waals surface area contributed by atoms with E-state index < -0.39 is 5.97 Å². The summed E-state index contributed by atoms with van der Waals surface area (Å²) in [5, 5.41) is 8.43. The molecule has 0 spiro atoms. The third kappa shape index (κ3) is 2.81. The number of hydrogen-bond donors (Lipinski definition) is 1. The molecule has 0 aromatic heterocycles. The molecule has 0 saturated carbocycles. The van der Waals surface area contributed by atoms with Crippen LogP contribution in [-0.2, 0) is 4.79 Å². The highest BCUT2D eigenvalue weighted by molar-refractivity contribution is 5.66. The van der Waals surface area contributed by atoms with Crippen LogP contribution in [-0.4, -0.2) is 35.1 Å². The quantitative estimate of drug-likeness (QED) is 0.693. The van der Waals surface area contributed by atoms with Crippen molar-refractivity contribution in [3.63, 3.8) is 0 Å². The van der Waals surface area contributed by atoms with Gasteiger partial charge < -0.3 is 10.0 Å². The number of nitrogens with zero attached hydrogens (tertiary/aromatic N) is 1. The fourth-order valence-electron chi connectivity index (χ4n) is 1.76. The van der Waals surface area contributed by atoms with E-state index in [2.05, 4.69) is 11.8 Å². The molecule has 1 N–H and O–H groups in total. The summed E-state index contributed by atoms with van der Waals surface area (Å²) in [6.45, 7) is 4.32. The van der Waals surface area contributed by atoms with Gasteiger partial charge in [-0.3, -0.25) is 4.79 Å². The van der Waals surface area contributed by atoms with E-state index in [4.69, 9.17) is 5.11 Å². The zero-order valence-corrected chi connectivity index (χ0v) is 7.62. The Balaban J connectivity index is 2.10. The maximum Gasteiger partial charge on any atom is 0.303 e. The third-order valence-electron chi connectivity index (χ3n) is 2.53. The Kier molecular flexibility index (Phi) is 3.53. The van der Waals surface area contributed by atoms with Gasteiger partial charge >= 0.3 is 5.97 Å². The average molecular weight is 171 g/mol. The lowest BCUT2D eigenvalue weighted by Crippen LogP contribution is -2.28. The van der Waals surface area contributed by atoms with Gasteiger partial charge in [-0.25, -0.2) is 0 Å². The van der Waals surface area contributed by atoms with Crippen LogP contribution in [0.4, 0.5) is 0 Å². The molecule has 3 heteroatoms. The molecular formula is C9H17NO2. The summed E-state index contributed by atoms with van der Waals surface area (Å²) >= 11 is 0. The van der Waals surface area contributed by atoms with Crippen molar-refractivity contribution < 1.29 is 9.90 Å². The van der Waals surface area contributed by atoms with Crippen LogP contribution in [0, 0.1) is 0 Å². The second-order valence-corrected chi connectivity index (χ2v) is 3.52. The molecule has 1 heterocycles. The molecule has 0 aromatic rings. The molecule has 12 heavy (non-hydrogen) atoms. The maximum absolute atomic E-state index is 10.2. The Hall–Kier alpha value is -0.570. The first-order valence-electron chi connectivity index (χ1n) is 4.66. The molecule has 1 aliphatic rings. The molecule has 0 radical (unpaired) electrons. The van der Waals surface area contributed by atoms with E-state index in [1.807, 2.05) is 0 Å². The molecule has 0 bridgehead atoms. The molecule has 0 amide bonds. The van der Waals surface area contributed by atoms with Gasteiger partial charge in [0.15, 0.2) is 0 Å². The first kappa shape index (κ1) is 9.52. The van der Waals surface area contributed by atoms with Crippen LogP contribution in [0.5, 0.6) is 0 Å². The summed E-state index contributed by atoms with van der Waals surface area (Å²) in [6.07, 6.45) is 3.64. The molecule has 0 unspecified atom stereocenters. The zero-order chi connectivity index (χ0) is 8.97. The van der Waals surface area contributed by atoms with Gasteiger partial charge in [0.05, 0.1) is 0 Å². The fraction of sp³-hybridized carbons (Fsp3) is 0.889. The molecule has 1 aliphatic heterocycles. The van der Waals surface area contributed by atoms with Crippen LogP contribution in [0.2, 0.25) is 0 Å². The largest absolute Gasteiger partial charge is 0.481 e. The molecular weight excluding hydrogens is 154 g/mol. The first-order chi connectivity index (χ1) is 5.70. The molecule has 1 rings (SSSR count). The normalized spacial score (nSPS) is 24.6. The number of hydrogen-bond acceptors (Lipinski definition) is 2. The van der Waals surface area contributed by atoms with Crippen molar-refractivity contribution in [3.8, 4) is 0 Å². The van der Waals surface area contributed by atoms with Crippen molar-refractivity contribution in [3.05, 3.63) is 0 Å². The number of carboxylic acid groups (broad SMARTS) is 1. The highest BCUT2D eigenvalue weighted by Gasteiger charge is 2.19. The molecule has 0 aromatic carbocycles. The van der Waals surface area contributed by atoms with E-state index in [0.717, 1.165) is 19.5 Å². The van der Waals surface area contributed by atoms with E-state index in [1.54, 1.807) is 0 Å². The summed E-state index contributed by atoms with van der Waals surface area (Å²) in [5.74, 6) is -0.679. The van der Waals surface area contributed by atoms with Gasteiger partial charge in [0, 0.05) is 12.5 Å². The second kappa shape index (κ2) is 4.45. The van der Waals surface area contributed by atoms with E-state index in [-0.39, 0.29) is 0 Å². The van der Waals surface area contributed by atoms with Gasteiger partial charge in [0.25, 0.3) is 0 Å². The van der Waals surface area contributed by atoms with Crippen LogP contribution >= 0.6 is 0 Å². The summed E-state index contributed by atoms with van der Waals surface area (Å²) in [7, 11) is 0. The van der Waals surface area contributed by atoms with Crippen molar-refractivity contribution in [2.45, 2.75) is 38.6 Å². The van der Waals surface area contributed by atoms with Gasteiger partial charge in [0.2, 0.25) is 0 Å². The van der Waals surface area contributed by atoms with Gasteiger partial charge in [0.1, 0.15) is 0 Å². The number of carboxylic acids is 1. The minimum Gasteiger partial charge on any atom is -0.481 e. The zero-order valence-electron chi connectivity index (χ0n) is 7.62. The van der Waals surface area contributed by atoms with Crippen molar-refractivity contribution in [1.82, 2.24) is 4.90 Å². The van der Waals surface area contributed by atoms with E-state index >= 15 is 0 Å². The van der Waals surface area contributed by atoms with Gasteiger partial charge in [-0.15, -0.1) is 0 Å². The number of rotatable bonds is 4. The van der Waals surface area contributed by atoms with Crippen LogP contribution in [0.15, 0.2) is 0 Å². The Bertz CT molecular complexity index is 159. The maximum atomic E-state index is 10.2. The predicted molar refractivity (Wildman–Crippen MR) is 47.1 cm³/mol. The van der Waals surface area contributed by atoms with E-state index in [0.29, 0.717) is 12.5 Å². The van der Waals surface area contributed by atoms with Gasteiger partial charge in [-0.05, 0) is 39.3 Å². The van der Waals surface area contributed by atoms with Crippen molar-refractivity contribution in [1.29, 1.82) is 0 Å². The van der Waals surface area contributed by atoms with Crippen molar-refractivity contribution in [2.24, 2.45) is 0 Å². The van der Waals surface area contributed by atoms with Crippen molar-refractivity contribution in [2.75, 3.05) is 13.1 Å². The molecule has 1 atom stereocenters. The Morgan fingerprint density at radius 2 is 2.42 bits per heavy atom. The lowest BCUT2D eigenvalue weighted by atomic mass is 10.2. The Morgan fingerprint density at radius 3 is 2.92 bits per heavy atom. The Labute approximate surface area is 73.4 Å². The molecule has 70 valence electrons. The van der Waals surface area contributed by atoms with Crippen LogP contribution in [0.25, 0.3) is 0 Å². The van der Waals surface area contributed by atoms with Crippen molar-refractivity contribution >= 4 is 5.97 Å². The fourth-order valence-corrected chi connectivity index (χ4v) is 1.76. The standard InChI is InChI=1S/C9H17NO2/c1-8-4-2-6-10(8)7-3-5-9(11)12/h8H,2-7H2,1H3,(H,11,12)/t8-/m0/s1. The molecule has 0 aliphatic carbocycles. The SMILES string of the molecule is C[C@H]1CCCN1CCCC(=O)O. The minimum absolute atomic E-state index is 0.309. The lowest BCUT2D eigenvalue weighted by molar-refractivity contribution is -0.137. The van der Waals surface area contributed by atoms with Gasteiger partial charge in [-0.1, -0.05) is 0 Å². The topological polar surface area (TPSA) is 40.5 Å². The summed E-state index contributed by atoms with van der Waals surface area (Å²) in [5.41, 5.74) is 0. The molecule has 1 fully saturated rings. The Morgan fingerprint density at radius 1 is 1.67 bits per heavy atom. The summed E-state index contributed by atoms with van der Waals surface area (Å²) in [6, 6.07) is 0.666. The summed E-state index contributed by atoms with van der Waals surface area (Å²) < 4.78 is 0. The second-order valence-electron chi connectivity index (χ2n) is 3.52. The smallest absolute Gasteiger partial charge is 0.303 e. The number of likely N-dealkylation sites (tertiary alicyclic amines) is 1. The minimum atomic E-state index is -0.679. The highest BCUT2D eigenvalue weighted by Crippen LogP contribution is 2.16. The van der Waals surface area contributed by atoms with E-state index in [1.165, 1.54) is 12.8 Å². The molecule has 3 nitrogen and oxygen atoms in total. The number of carbonyl (C=O) groups is 1. The van der Waals surface area contributed by atoms with E-state index in [9.17, 15) is 4.79 Å². The van der Waals surface area contributed by atoms with Crippen LogP contribution in [0.1, 0.15) is 32.6 Å². The molecule has 1 saturated heterocycles. The lowest BCUT2D eigenvalue weighted by Gasteiger charge is -2.19. The number of aliphatic carboxylic acids is 1. The third-order valence-corrected chi connectivity index (χ3v) is 2.53. The highest BCUT2D eigenvalue weighted by atomic mass is 16.4.